The summed E-state index contributed by atoms with van der Waals surface area (Å²) in [6.45, 7) is 8.54. The van der Waals surface area contributed by atoms with E-state index < -0.39 is 0 Å². The van der Waals surface area contributed by atoms with Gasteiger partial charge < -0.3 is 15.5 Å². The molecule has 4 nitrogen and oxygen atoms in total. The smallest absolute Gasteiger partial charge is 0.191 e. The summed E-state index contributed by atoms with van der Waals surface area (Å²) in [6.07, 6.45) is 2.24. The molecule has 0 fully saturated rings. The van der Waals surface area contributed by atoms with Crippen LogP contribution in [0.2, 0.25) is 0 Å². The van der Waals surface area contributed by atoms with Crippen molar-refractivity contribution in [2.24, 2.45) is 4.99 Å². The number of nitrogens with one attached hydrogen (secondary N) is 2. The minimum Gasteiger partial charge on any atom is -0.367 e. The molecule has 0 amide bonds. The molecule has 0 spiro atoms. The highest BCUT2D eigenvalue weighted by Crippen LogP contribution is 2.30. The second-order valence-electron chi connectivity index (χ2n) is 5.83. The van der Waals surface area contributed by atoms with Gasteiger partial charge >= 0.3 is 0 Å². The van der Waals surface area contributed by atoms with Gasteiger partial charge in [-0.1, -0.05) is 25.1 Å². The van der Waals surface area contributed by atoms with Crippen LogP contribution in [0.5, 0.6) is 0 Å². The highest BCUT2D eigenvalue weighted by atomic mass is 127. The first-order valence-electron chi connectivity index (χ1n) is 7.97. The van der Waals surface area contributed by atoms with Crippen LogP contribution in [0.25, 0.3) is 0 Å². The van der Waals surface area contributed by atoms with Gasteiger partial charge in [-0.3, -0.25) is 4.99 Å². The molecule has 0 saturated heterocycles. The van der Waals surface area contributed by atoms with Crippen LogP contribution in [0, 0.1) is 0 Å². The topological polar surface area (TPSA) is 39.7 Å². The summed E-state index contributed by atoms with van der Waals surface area (Å²) >= 11 is 0. The molecular formula is C17H29IN4. The number of rotatable bonds is 5. The Labute approximate surface area is 151 Å². The second-order valence-corrected chi connectivity index (χ2v) is 5.83. The summed E-state index contributed by atoms with van der Waals surface area (Å²) in [5.41, 5.74) is 2.85. The molecule has 1 heterocycles. The molecule has 0 radical (unpaired) electrons. The maximum atomic E-state index is 4.28. The van der Waals surface area contributed by atoms with Crippen LogP contribution in [-0.2, 0) is 6.42 Å². The molecule has 1 aliphatic rings. The Bertz CT molecular complexity index is 489. The fourth-order valence-corrected chi connectivity index (χ4v) is 2.80. The van der Waals surface area contributed by atoms with E-state index >= 15 is 0 Å². The average molecular weight is 416 g/mol. The van der Waals surface area contributed by atoms with Crippen LogP contribution in [-0.4, -0.2) is 38.2 Å². The molecular weight excluding hydrogens is 387 g/mol. The number of nitrogens with zero attached hydrogens (tertiary/aromatic N) is 2. The fourth-order valence-electron chi connectivity index (χ4n) is 2.80. The molecule has 1 aromatic carbocycles. The minimum atomic E-state index is 0. The van der Waals surface area contributed by atoms with Gasteiger partial charge in [-0.2, -0.15) is 0 Å². The van der Waals surface area contributed by atoms with Gasteiger partial charge in [0.25, 0.3) is 0 Å². The normalized spacial score (nSPS) is 18.5. The van der Waals surface area contributed by atoms with Crippen LogP contribution in [0.3, 0.4) is 0 Å². The first-order chi connectivity index (χ1) is 10.2. The summed E-state index contributed by atoms with van der Waals surface area (Å²) in [6, 6.07) is 9.75. The Kier molecular flexibility index (Phi) is 8.00. The van der Waals surface area contributed by atoms with E-state index in [0.29, 0.717) is 12.1 Å². The van der Waals surface area contributed by atoms with E-state index in [4.69, 9.17) is 0 Å². The van der Waals surface area contributed by atoms with Crippen molar-refractivity contribution in [2.75, 3.05) is 25.0 Å². The average Bonchev–Trinajstić information content (AvgIpc) is 2.82. The van der Waals surface area contributed by atoms with Gasteiger partial charge in [0.2, 0.25) is 0 Å². The summed E-state index contributed by atoms with van der Waals surface area (Å²) in [5, 5.41) is 6.80. The molecule has 5 heteroatoms. The van der Waals surface area contributed by atoms with Crippen LogP contribution in [0.15, 0.2) is 29.3 Å². The van der Waals surface area contributed by atoms with Gasteiger partial charge in [0, 0.05) is 37.9 Å². The van der Waals surface area contributed by atoms with Crippen molar-refractivity contribution >= 4 is 35.6 Å². The third-order valence-corrected chi connectivity index (χ3v) is 4.21. The van der Waals surface area contributed by atoms with Crippen LogP contribution in [0.1, 0.15) is 32.8 Å². The van der Waals surface area contributed by atoms with Gasteiger partial charge in [0.15, 0.2) is 5.96 Å². The Morgan fingerprint density at radius 1 is 1.41 bits per heavy atom. The number of hydrogen-bond donors (Lipinski definition) is 2. The van der Waals surface area contributed by atoms with E-state index in [0.717, 1.165) is 31.9 Å². The highest BCUT2D eigenvalue weighted by Gasteiger charge is 2.24. The molecule has 0 aromatic heterocycles. The Hall–Kier alpha value is -0.980. The van der Waals surface area contributed by atoms with E-state index in [2.05, 4.69) is 65.6 Å². The number of halogens is 1. The number of guanidine groups is 1. The van der Waals surface area contributed by atoms with Crippen molar-refractivity contribution in [3.8, 4) is 0 Å². The van der Waals surface area contributed by atoms with E-state index in [1.54, 1.807) is 0 Å². The molecule has 2 rings (SSSR count). The molecule has 1 aromatic rings. The van der Waals surface area contributed by atoms with Crippen molar-refractivity contribution in [2.45, 2.75) is 45.7 Å². The lowest BCUT2D eigenvalue weighted by atomic mass is 10.1. The zero-order valence-electron chi connectivity index (χ0n) is 14.1. The van der Waals surface area contributed by atoms with Crippen LogP contribution < -0.4 is 15.5 Å². The molecule has 2 atom stereocenters. The van der Waals surface area contributed by atoms with Crippen molar-refractivity contribution in [1.82, 2.24) is 10.6 Å². The number of aliphatic imine (C=N–C) groups is 1. The van der Waals surface area contributed by atoms with E-state index in [1.165, 1.54) is 11.3 Å². The van der Waals surface area contributed by atoms with Gasteiger partial charge in [0.05, 0.1) is 0 Å². The summed E-state index contributed by atoms with van der Waals surface area (Å²) in [7, 11) is 1.82. The maximum absolute atomic E-state index is 4.28. The van der Waals surface area contributed by atoms with Crippen molar-refractivity contribution in [3.05, 3.63) is 29.8 Å². The lowest BCUT2D eigenvalue weighted by Crippen LogP contribution is -2.45. The number of benzene rings is 1. The van der Waals surface area contributed by atoms with Crippen molar-refractivity contribution in [3.63, 3.8) is 0 Å². The molecule has 2 unspecified atom stereocenters. The highest BCUT2D eigenvalue weighted by molar-refractivity contribution is 14.0. The predicted molar refractivity (Wildman–Crippen MR) is 107 cm³/mol. The first kappa shape index (κ1) is 19.1. The molecule has 0 bridgehead atoms. The number of anilines is 1. The Morgan fingerprint density at radius 3 is 2.82 bits per heavy atom. The van der Waals surface area contributed by atoms with E-state index in [-0.39, 0.29) is 24.0 Å². The molecule has 22 heavy (non-hydrogen) atoms. The Balaban J connectivity index is 0.00000242. The number of para-hydroxylation sites is 1. The summed E-state index contributed by atoms with van der Waals surface area (Å²) in [5.74, 6) is 0.893. The predicted octanol–water partition coefficient (Wildman–Crippen LogP) is 3.02. The van der Waals surface area contributed by atoms with Gasteiger partial charge in [-0.15, -0.1) is 24.0 Å². The SMILES string of the molecule is CCC(C)NC(=NC)NCCN1c2ccccc2CC1C.I. The molecule has 0 aliphatic carbocycles. The molecule has 0 saturated carbocycles. The largest absolute Gasteiger partial charge is 0.367 e. The van der Waals surface area contributed by atoms with Crippen molar-refractivity contribution < 1.29 is 0 Å². The summed E-state index contributed by atoms with van der Waals surface area (Å²) < 4.78 is 0. The zero-order valence-corrected chi connectivity index (χ0v) is 16.4. The molecule has 2 N–H and O–H groups in total. The zero-order chi connectivity index (χ0) is 15.2. The molecule has 1 aliphatic heterocycles. The Morgan fingerprint density at radius 2 is 2.14 bits per heavy atom. The van der Waals surface area contributed by atoms with Gasteiger partial charge in [0.1, 0.15) is 0 Å². The number of fused-ring (bicyclic) bond motifs is 1. The lowest BCUT2D eigenvalue weighted by Gasteiger charge is -2.26. The first-order valence-corrected chi connectivity index (χ1v) is 7.97. The standard InChI is InChI=1S/C17H28N4.HI/c1-5-13(2)20-17(18-4)19-10-11-21-14(3)12-15-8-6-7-9-16(15)21;/h6-9,13-14H,5,10-12H2,1-4H3,(H2,18,19,20);1H. The minimum absolute atomic E-state index is 0. The third kappa shape index (κ3) is 4.76. The quantitative estimate of drug-likeness (QED) is 0.441. The second kappa shape index (κ2) is 9.22. The summed E-state index contributed by atoms with van der Waals surface area (Å²) in [4.78, 5) is 6.76. The number of hydrogen-bond acceptors (Lipinski definition) is 2. The van der Waals surface area contributed by atoms with Crippen molar-refractivity contribution in [1.29, 1.82) is 0 Å². The van der Waals surface area contributed by atoms with Gasteiger partial charge in [-0.05, 0) is 38.3 Å². The van der Waals surface area contributed by atoms with Crippen LogP contribution in [0.4, 0.5) is 5.69 Å². The third-order valence-electron chi connectivity index (χ3n) is 4.21. The van der Waals surface area contributed by atoms with Crippen LogP contribution >= 0.6 is 24.0 Å². The lowest BCUT2D eigenvalue weighted by molar-refractivity contribution is 0.615. The van der Waals surface area contributed by atoms with E-state index in [1.807, 2.05) is 7.05 Å². The van der Waals surface area contributed by atoms with E-state index in [9.17, 15) is 0 Å². The molecule has 124 valence electrons. The maximum Gasteiger partial charge on any atom is 0.191 e. The monoisotopic (exact) mass is 416 g/mol. The fraction of sp³-hybridized carbons (Fsp3) is 0.588. The van der Waals surface area contributed by atoms with Gasteiger partial charge in [-0.25, -0.2) is 0 Å².